The molecule has 0 spiro atoms. The SMILES string of the molecule is Cn1ccc2cc(-c3ccc4nc(NC(=O)Cn5cnnn5)nn4c3)ccc21. The predicted octanol–water partition coefficient (Wildman–Crippen LogP) is 1.51. The molecule has 0 aliphatic heterocycles. The molecule has 10 nitrogen and oxygen atoms in total. The number of hydrogen-bond acceptors (Lipinski definition) is 6. The van der Waals surface area contributed by atoms with Gasteiger partial charge in [-0.2, -0.15) is 4.98 Å². The van der Waals surface area contributed by atoms with Crippen LogP contribution in [-0.2, 0) is 18.4 Å². The average Bonchev–Trinajstić information content (AvgIpc) is 3.41. The van der Waals surface area contributed by atoms with Gasteiger partial charge in [-0.1, -0.05) is 6.07 Å². The molecule has 0 bridgehead atoms. The first-order valence-electron chi connectivity index (χ1n) is 8.58. The van der Waals surface area contributed by atoms with Crippen LogP contribution < -0.4 is 5.32 Å². The average molecular weight is 373 g/mol. The fourth-order valence-corrected chi connectivity index (χ4v) is 3.13. The molecule has 0 atom stereocenters. The fraction of sp³-hybridized carbons (Fsp3) is 0.111. The van der Waals surface area contributed by atoms with Gasteiger partial charge in [0.25, 0.3) is 0 Å². The molecule has 4 heterocycles. The number of carbonyl (C=O) groups excluding carboxylic acids is 1. The molecule has 10 heteroatoms. The Balaban J connectivity index is 1.41. The second-order valence-corrected chi connectivity index (χ2v) is 6.41. The molecule has 0 unspecified atom stereocenters. The third-order valence-electron chi connectivity index (χ3n) is 4.50. The number of carbonyl (C=O) groups is 1. The summed E-state index contributed by atoms with van der Waals surface area (Å²) in [7, 11) is 2.03. The highest BCUT2D eigenvalue weighted by Crippen LogP contribution is 2.25. The quantitative estimate of drug-likeness (QED) is 0.512. The number of hydrogen-bond donors (Lipinski definition) is 1. The van der Waals surface area contributed by atoms with Gasteiger partial charge in [-0.05, 0) is 46.3 Å². The van der Waals surface area contributed by atoms with Gasteiger partial charge < -0.3 is 4.57 Å². The first-order valence-corrected chi connectivity index (χ1v) is 8.58. The van der Waals surface area contributed by atoms with Crippen LogP contribution in [0.5, 0.6) is 0 Å². The largest absolute Gasteiger partial charge is 0.351 e. The molecule has 5 rings (SSSR count). The summed E-state index contributed by atoms with van der Waals surface area (Å²) < 4.78 is 5.06. The van der Waals surface area contributed by atoms with E-state index in [-0.39, 0.29) is 18.4 Å². The zero-order chi connectivity index (χ0) is 19.1. The summed E-state index contributed by atoms with van der Waals surface area (Å²) in [6, 6.07) is 12.3. The highest BCUT2D eigenvalue weighted by Gasteiger charge is 2.10. The second-order valence-electron chi connectivity index (χ2n) is 6.41. The van der Waals surface area contributed by atoms with Crippen molar-refractivity contribution in [2.75, 3.05) is 5.32 Å². The van der Waals surface area contributed by atoms with Gasteiger partial charge in [0.15, 0.2) is 5.65 Å². The van der Waals surface area contributed by atoms with Crippen molar-refractivity contribution in [1.29, 1.82) is 0 Å². The van der Waals surface area contributed by atoms with Crippen molar-refractivity contribution < 1.29 is 4.79 Å². The van der Waals surface area contributed by atoms with E-state index in [9.17, 15) is 4.79 Å². The second kappa shape index (κ2) is 6.27. The van der Waals surface area contributed by atoms with E-state index in [1.807, 2.05) is 31.6 Å². The summed E-state index contributed by atoms with van der Waals surface area (Å²) in [5, 5.41) is 18.8. The number of aromatic nitrogens is 8. The number of pyridine rings is 1. The highest BCUT2D eigenvalue weighted by atomic mass is 16.2. The van der Waals surface area contributed by atoms with Crippen molar-refractivity contribution in [2.24, 2.45) is 7.05 Å². The Morgan fingerprint density at radius 1 is 1.14 bits per heavy atom. The van der Waals surface area contributed by atoms with E-state index in [4.69, 9.17) is 0 Å². The van der Waals surface area contributed by atoms with E-state index < -0.39 is 0 Å². The number of fused-ring (bicyclic) bond motifs is 2. The van der Waals surface area contributed by atoms with E-state index in [0.29, 0.717) is 5.65 Å². The summed E-state index contributed by atoms with van der Waals surface area (Å²) in [6.45, 7) is -0.00904. The zero-order valence-corrected chi connectivity index (χ0v) is 14.9. The summed E-state index contributed by atoms with van der Waals surface area (Å²) in [5.74, 6) is -0.0771. The lowest BCUT2D eigenvalue weighted by atomic mass is 10.1. The Hall–Kier alpha value is -4.08. The number of anilines is 1. The first kappa shape index (κ1) is 16.1. The topological polar surface area (TPSA) is 108 Å². The van der Waals surface area contributed by atoms with Crippen molar-refractivity contribution >= 4 is 28.4 Å². The Morgan fingerprint density at radius 3 is 2.89 bits per heavy atom. The number of rotatable bonds is 4. The van der Waals surface area contributed by atoms with E-state index >= 15 is 0 Å². The molecule has 0 radical (unpaired) electrons. The molecule has 0 saturated heterocycles. The maximum atomic E-state index is 12.1. The predicted molar refractivity (Wildman–Crippen MR) is 101 cm³/mol. The number of tetrazole rings is 1. The minimum absolute atomic E-state index is 0.00904. The molecular weight excluding hydrogens is 358 g/mol. The van der Waals surface area contributed by atoms with Crippen LogP contribution in [-0.4, -0.2) is 45.3 Å². The van der Waals surface area contributed by atoms with Crippen LogP contribution in [0.2, 0.25) is 0 Å². The normalized spacial score (nSPS) is 11.3. The van der Waals surface area contributed by atoms with Crippen LogP contribution in [0.3, 0.4) is 0 Å². The molecule has 1 N–H and O–H groups in total. The first-order chi connectivity index (χ1) is 13.7. The molecule has 4 aromatic heterocycles. The van der Waals surface area contributed by atoms with Crippen LogP contribution in [0, 0.1) is 0 Å². The zero-order valence-electron chi connectivity index (χ0n) is 14.9. The molecule has 0 aliphatic carbocycles. The maximum Gasteiger partial charge on any atom is 0.249 e. The van der Waals surface area contributed by atoms with Crippen LogP contribution in [0.1, 0.15) is 0 Å². The highest BCUT2D eigenvalue weighted by molar-refractivity contribution is 5.89. The van der Waals surface area contributed by atoms with Gasteiger partial charge in [0.2, 0.25) is 11.9 Å². The summed E-state index contributed by atoms with van der Waals surface area (Å²) >= 11 is 0. The third-order valence-corrected chi connectivity index (χ3v) is 4.50. The van der Waals surface area contributed by atoms with E-state index in [2.05, 4.69) is 59.8 Å². The smallest absolute Gasteiger partial charge is 0.249 e. The van der Waals surface area contributed by atoms with Crippen LogP contribution in [0.4, 0.5) is 5.95 Å². The Bertz CT molecular complexity index is 1300. The van der Waals surface area contributed by atoms with Crippen molar-refractivity contribution in [2.45, 2.75) is 6.54 Å². The lowest BCUT2D eigenvalue weighted by Gasteiger charge is -2.03. The number of nitrogens with one attached hydrogen (secondary N) is 1. The van der Waals surface area contributed by atoms with Crippen molar-refractivity contribution in [3.8, 4) is 11.1 Å². The number of aryl methyl sites for hydroxylation is 1. The molecule has 1 amide bonds. The van der Waals surface area contributed by atoms with Crippen LogP contribution in [0.15, 0.2) is 55.1 Å². The minimum Gasteiger partial charge on any atom is -0.351 e. The van der Waals surface area contributed by atoms with E-state index in [1.54, 1.807) is 4.52 Å². The molecular formula is C18H15N9O. The number of nitrogens with zero attached hydrogens (tertiary/aromatic N) is 8. The van der Waals surface area contributed by atoms with Gasteiger partial charge >= 0.3 is 0 Å². The summed E-state index contributed by atoms with van der Waals surface area (Å²) in [6.07, 6.45) is 5.30. The van der Waals surface area contributed by atoms with Gasteiger partial charge in [0, 0.05) is 35.9 Å². The Labute approximate surface area is 158 Å². The number of benzene rings is 1. The van der Waals surface area contributed by atoms with Crippen molar-refractivity contribution in [3.63, 3.8) is 0 Å². The molecule has 0 saturated carbocycles. The van der Waals surface area contributed by atoms with Crippen molar-refractivity contribution in [3.05, 3.63) is 55.1 Å². The van der Waals surface area contributed by atoms with Crippen LogP contribution >= 0.6 is 0 Å². The van der Waals surface area contributed by atoms with Gasteiger partial charge in [-0.3, -0.25) is 10.1 Å². The molecule has 0 aliphatic rings. The van der Waals surface area contributed by atoms with E-state index in [0.717, 1.165) is 11.1 Å². The van der Waals surface area contributed by atoms with Crippen LogP contribution in [0.25, 0.3) is 27.7 Å². The van der Waals surface area contributed by atoms with Gasteiger partial charge in [-0.15, -0.1) is 10.2 Å². The summed E-state index contributed by atoms with van der Waals surface area (Å²) in [4.78, 5) is 16.4. The monoisotopic (exact) mass is 373 g/mol. The standard InChI is InChI=1S/C18H15N9O/c1-25-7-6-13-8-12(2-4-15(13)25)14-3-5-16-20-18(22-27(16)9-14)21-17(28)10-26-11-19-23-24-26/h2-9,11H,10H2,1H3,(H,21,22,28). The molecule has 5 aromatic rings. The molecule has 1 aromatic carbocycles. The Kier molecular flexibility index (Phi) is 3.61. The fourth-order valence-electron chi connectivity index (χ4n) is 3.13. The van der Waals surface area contributed by atoms with Gasteiger partial charge in [-0.25, -0.2) is 9.20 Å². The third kappa shape index (κ3) is 2.86. The minimum atomic E-state index is -0.307. The van der Waals surface area contributed by atoms with Gasteiger partial charge in [0.1, 0.15) is 12.9 Å². The molecule has 28 heavy (non-hydrogen) atoms. The molecule has 138 valence electrons. The van der Waals surface area contributed by atoms with Gasteiger partial charge in [0.05, 0.1) is 0 Å². The van der Waals surface area contributed by atoms with E-state index in [1.165, 1.54) is 21.9 Å². The lowest BCUT2D eigenvalue weighted by Crippen LogP contribution is -2.19. The summed E-state index contributed by atoms with van der Waals surface area (Å²) in [5.41, 5.74) is 3.91. The lowest BCUT2D eigenvalue weighted by molar-refractivity contribution is -0.117. The molecule has 0 fully saturated rings. The van der Waals surface area contributed by atoms with Crippen molar-refractivity contribution in [1.82, 2.24) is 39.4 Å². The number of amides is 1. The maximum absolute atomic E-state index is 12.1. The Morgan fingerprint density at radius 2 is 2.04 bits per heavy atom.